The lowest BCUT2D eigenvalue weighted by Gasteiger charge is -2.23. The molecule has 1 aliphatic rings. The molecule has 0 radical (unpaired) electrons. The van der Waals surface area contributed by atoms with Crippen LogP contribution in [0.4, 0.5) is 0 Å². The van der Waals surface area contributed by atoms with Gasteiger partial charge in [-0.1, -0.05) is 19.8 Å². The lowest BCUT2D eigenvalue weighted by molar-refractivity contribution is 0.422. The first-order chi connectivity index (χ1) is 7.14. The Balaban J connectivity index is 2.27. The minimum Gasteiger partial charge on any atom is -0.313 e. The van der Waals surface area contributed by atoms with E-state index in [0.717, 1.165) is 32.2 Å². The molecule has 4 nitrogen and oxygen atoms in total. The van der Waals surface area contributed by atoms with Crippen LogP contribution in [0.1, 0.15) is 39.0 Å². The largest absolute Gasteiger partial charge is 0.313 e. The molecule has 1 fully saturated rings. The van der Waals surface area contributed by atoms with Gasteiger partial charge in [-0.25, -0.2) is 13.1 Å². The van der Waals surface area contributed by atoms with Crippen LogP contribution < -0.4 is 10.0 Å². The highest BCUT2D eigenvalue weighted by Crippen LogP contribution is 2.08. The summed E-state index contributed by atoms with van der Waals surface area (Å²) in [4.78, 5) is 0. The van der Waals surface area contributed by atoms with Crippen LogP contribution in [0.15, 0.2) is 0 Å². The van der Waals surface area contributed by atoms with Crippen molar-refractivity contribution in [2.75, 3.05) is 18.8 Å². The molecule has 0 amide bonds. The number of rotatable bonds is 6. The zero-order chi connectivity index (χ0) is 11.1. The van der Waals surface area contributed by atoms with Gasteiger partial charge in [0.2, 0.25) is 10.0 Å². The highest BCUT2D eigenvalue weighted by molar-refractivity contribution is 7.89. The Bertz CT molecular complexity index is 259. The molecule has 1 aliphatic heterocycles. The third-order valence-corrected chi connectivity index (χ3v) is 4.17. The summed E-state index contributed by atoms with van der Waals surface area (Å²) in [5, 5.41) is 3.25. The maximum absolute atomic E-state index is 11.6. The molecule has 2 N–H and O–H groups in total. The van der Waals surface area contributed by atoms with Crippen LogP contribution in [-0.4, -0.2) is 33.3 Å². The SMILES string of the molecule is CCCCNS(=O)(=O)CC1CCCCN1. The molecule has 0 spiro atoms. The fourth-order valence-corrected chi connectivity index (χ4v) is 3.18. The first-order valence-corrected chi connectivity index (χ1v) is 7.50. The van der Waals surface area contributed by atoms with E-state index in [1.807, 2.05) is 0 Å². The summed E-state index contributed by atoms with van der Waals surface area (Å²) in [7, 11) is -3.07. The average molecular weight is 234 g/mol. The minimum absolute atomic E-state index is 0.151. The number of nitrogens with one attached hydrogen (secondary N) is 2. The molecule has 1 atom stereocenters. The quantitative estimate of drug-likeness (QED) is 0.670. The Hall–Kier alpha value is -0.130. The summed E-state index contributed by atoms with van der Waals surface area (Å²) in [5.41, 5.74) is 0. The predicted octanol–water partition coefficient (Wildman–Crippen LogP) is 0.848. The molecule has 1 rings (SSSR count). The van der Waals surface area contributed by atoms with E-state index in [1.54, 1.807) is 0 Å². The number of hydrogen-bond donors (Lipinski definition) is 2. The summed E-state index contributed by atoms with van der Waals surface area (Å²) in [6.07, 6.45) is 5.22. The summed E-state index contributed by atoms with van der Waals surface area (Å²) >= 11 is 0. The van der Waals surface area contributed by atoms with Gasteiger partial charge in [-0.05, 0) is 25.8 Å². The zero-order valence-electron chi connectivity index (χ0n) is 9.46. The molecule has 0 aromatic carbocycles. The normalized spacial score (nSPS) is 22.9. The predicted molar refractivity (Wildman–Crippen MR) is 62.3 cm³/mol. The molecule has 0 aromatic rings. The van der Waals surface area contributed by atoms with Gasteiger partial charge in [0.15, 0.2) is 0 Å². The molecular weight excluding hydrogens is 212 g/mol. The summed E-state index contributed by atoms with van der Waals surface area (Å²) < 4.78 is 25.9. The Morgan fingerprint density at radius 3 is 2.80 bits per heavy atom. The second kappa shape index (κ2) is 6.45. The van der Waals surface area contributed by atoms with Crippen molar-refractivity contribution in [1.29, 1.82) is 0 Å². The molecule has 15 heavy (non-hydrogen) atoms. The van der Waals surface area contributed by atoms with Crippen molar-refractivity contribution in [2.24, 2.45) is 0 Å². The van der Waals surface area contributed by atoms with Crippen molar-refractivity contribution < 1.29 is 8.42 Å². The third-order valence-electron chi connectivity index (χ3n) is 2.69. The van der Waals surface area contributed by atoms with Crippen molar-refractivity contribution >= 4 is 10.0 Å². The standard InChI is InChI=1S/C10H22N2O2S/c1-2-3-8-12-15(13,14)9-10-6-4-5-7-11-10/h10-12H,2-9H2,1H3. The lowest BCUT2D eigenvalue weighted by atomic mass is 10.1. The van der Waals surface area contributed by atoms with Crippen molar-refractivity contribution in [3.63, 3.8) is 0 Å². The van der Waals surface area contributed by atoms with E-state index in [4.69, 9.17) is 0 Å². The topological polar surface area (TPSA) is 58.2 Å². The van der Waals surface area contributed by atoms with Crippen LogP contribution in [0.25, 0.3) is 0 Å². The van der Waals surface area contributed by atoms with Gasteiger partial charge >= 0.3 is 0 Å². The van der Waals surface area contributed by atoms with Crippen LogP contribution in [0.2, 0.25) is 0 Å². The summed E-state index contributed by atoms with van der Waals surface area (Å²) in [5.74, 6) is 0.233. The van der Waals surface area contributed by atoms with Crippen LogP contribution in [0.5, 0.6) is 0 Å². The van der Waals surface area contributed by atoms with Crippen LogP contribution in [-0.2, 0) is 10.0 Å². The van der Waals surface area contributed by atoms with Crippen molar-refractivity contribution in [3.8, 4) is 0 Å². The molecule has 5 heteroatoms. The van der Waals surface area contributed by atoms with Gasteiger partial charge in [0.1, 0.15) is 0 Å². The van der Waals surface area contributed by atoms with Crippen molar-refractivity contribution in [2.45, 2.75) is 45.1 Å². The van der Waals surface area contributed by atoms with Gasteiger partial charge in [0.25, 0.3) is 0 Å². The van der Waals surface area contributed by atoms with Crippen LogP contribution in [0, 0.1) is 0 Å². The second-order valence-corrected chi connectivity index (χ2v) is 6.03. The van der Waals surface area contributed by atoms with E-state index < -0.39 is 10.0 Å². The molecule has 90 valence electrons. The lowest BCUT2D eigenvalue weighted by Crippen LogP contribution is -2.42. The summed E-state index contributed by atoms with van der Waals surface area (Å²) in [6.45, 7) is 3.58. The van der Waals surface area contributed by atoms with E-state index in [1.165, 1.54) is 6.42 Å². The van der Waals surface area contributed by atoms with Crippen molar-refractivity contribution in [3.05, 3.63) is 0 Å². The first-order valence-electron chi connectivity index (χ1n) is 5.85. The van der Waals surface area contributed by atoms with E-state index in [-0.39, 0.29) is 11.8 Å². The highest BCUT2D eigenvalue weighted by atomic mass is 32.2. The van der Waals surface area contributed by atoms with Gasteiger partial charge in [0, 0.05) is 12.6 Å². The van der Waals surface area contributed by atoms with Gasteiger partial charge in [-0.2, -0.15) is 0 Å². The monoisotopic (exact) mass is 234 g/mol. The molecule has 0 aromatic heterocycles. The average Bonchev–Trinajstić information content (AvgIpc) is 2.18. The highest BCUT2D eigenvalue weighted by Gasteiger charge is 2.19. The van der Waals surface area contributed by atoms with Gasteiger partial charge in [-0.3, -0.25) is 0 Å². The van der Waals surface area contributed by atoms with E-state index >= 15 is 0 Å². The van der Waals surface area contributed by atoms with E-state index in [2.05, 4.69) is 17.0 Å². The smallest absolute Gasteiger partial charge is 0.213 e. The van der Waals surface area contributed by atoms with Crippen molar-refractivity contribution in [1.82, 2.24) is 10.0 Å². The van der Waals surface area contributed by atoms with Gasteiger partial charge in [-0.15, -0.1) is 0 Å². The fraction of sp³-hybridized carbons (Fsp3) is 1.00. The number of hydrogen-bond acceptors (Lipinski definition) is 3. The molecular formula is C10H22N2O2S. The first kappa shape index (κ1) is 12.9. The second-order valence-electron chi connectivity index (χ2n) is 4.18. The minimum atomic E-state index is -3.07. The Morgan fingerprint density at radius 2 is 2.20 bits per heavy atom. The summed E-state index contributed by atoms with van der Waals surface area (Å²) in [6, 6.07) is 0.151. The molecule has 0 bridgehead atoms. The maximum atomic E-state index is 11.6. The van der Waals surface area contributed by atoms with E-state index in [0.29, 0.717) is 6.54 Å². The maximum Gasteiger partial charge on any atom is 0.213 e. The Morgan fingerprint density at radius 1 is 1.40 bits per heavy atom. The Kier molecular flexibility index (Phi) is 5.56. The van der Waals surface area contributed by atoms with Crippen LogP contribution >= 0.6 is 0 Å². The van der Waals surface area contributed by atoms with Gasteiger partial charge in [0.05, 0.1) is 5.75 Å². The molecule has 0 saturated carbocycles. The number of unbranched alkanes of at least 4 members (excludes halogenated alkanes) is 1. The molecule has 1 unspecified atom stereocenters. The van der Waals surface area contributed by atoms with Crippen LogP contribution in [0.3, 0.4) is 0 Å². The molecule has 1 heterocycles. The van der Waals surface area contributed by atoms with E-state index in [9.17, 15) is 8.42 Å². The third kappa shape index (κ3) is 5.49. The Labute approximate surface area is 92.9 Å². The van der Waals surface area contributed by atoms with Gasteiger partial charge < -0.3 is 5.32 Å². The molecule has 1 saturated heterocycles. The zero-order valence-corrected chi connectivity index (χ0v) is 10.3. The fourth-order valence-electron chi connectivity index (χ4n) is 1.79. The number of piperidine rings is 1. The number of sulfonamides is 1. The molecule has 0 aliphatic carbocycles.